The van der Waals surface area contributed by atoms with Crippen LogP contribution in [0, 0.1) is 6.92 Å². The molecule has 1 unspecified atom stereocenters. The summed E-state index contributed by atoms with van der Waals surface area (Å²) >= 11 is 1.78. The monoisotopic (exact) mass is 343 g/mol. The van der Waals surface area contributed by atoms with Crippen LogP contribution in [0.3, 0.4) is 0 Å². The first-order valence-corrected chi connectivity index (χ1v) is 9.40. The number of benzene rings is 2. The van der Waals surface area contributed by atoms with Gasteiger partial charge in [-0.3, -0.25) is 4.79 Å². The van der Waals surface area contributed by atoms with Crippen LogP contribution >= 0.6 is 11.8 Å². The number of nitrogens with one attached hydrogen (secondary N) is 1. The van der Waals surface area contributed by atoms with Gasteiger partial charge in [0.1, 0.15) is 12.4 Å². The minimum absolute atomic E-state index is 0.00349. The molecule has 1 N–H and O–H groups in total. The third-order valence-corrected chi connectivity index (χ3v) is 4.61. The lowest BCUT2D eigenvalue weighted by atomic mass is 10.2. The zero-order valence-electron chi connectivity index (χ0n) is 14.3. The minimum Gasteiger partial charge on any atom is -0.491 e. The summed E-state index contributed by atoms with van der Waals surface area (Å²) in [5, 5.41) is 2.99. The quantitative estimate of drug-likeness (QED) is 0.694. The van der Waals surface area contributed by atoms with Crippen LogP contribution < -0.4 is 10.1 Å². The molecule has 2 aromatic carbocycles. The molecule has 128 valence electrons. The Morgan fingerprint density at radius 2 is 1.83 bits per heavy atom. The van der Waals surface area contributed by atoms with Gasteiger partial charge in [-0.05, 0) is 31.0 Å². The Kier molecular flexibility index (Phi) is 7.69. The van der Waals surface area contributed by atoms with Crippen molar-refractivity contribution in [2.45, 2.75) is 32.1 Å². The highest BCUT2D eigenvalue weighted by molar-refractivity contribution is 7.98. The number of carbonyl (C=O) groups is 1. The maximum Gasteiger partial charge on any atom is 0.221 e. The standard InChI is InChI=1S/C20H25NO2S/c1-16-8-6-7-11-19(16)23-14-17(2)21-20(22)12-13-24-15-18-9-4-3-5-10-18/h3-11,17H,12-15H2,1-2H3,(H,21,22). The van der Waals surface area contributed by atoms with E-state index in [0.29, 0.717) is 13.0 Å². The average molecular weight is 343 g/mol. The molecule has 1 atom stereocenters. The van der Waals surface area contributed by atoms with Crippen molar-refractivity contribution in [1.82, 2.24) is 5.32 Å². The molecule has 2 aromatic rings. The Balaban J connectivity index is 1.60. The van der Waals surface area contributed by atoms with Crippen LogP contribution in [-0.4, -0.2) is 24.3 Å². The number of para-hydroxylation sites is 1. The summed E-state index contributed by atoms with van der Waals surface area (Å²) in [6.45, 7) is 4.46. The molecule has 0 aliphatic carbocycles. The van der Waals surface area contributed by atoms with Gasteiger partial charge in [-0.15, -0.1) is 0 Å². The average Bonchev–Trinajstić information content (AvgIpc) is 2.59. The topological polar surface area (TPSA) is 38.3 Å². The van der Waals surface area contributed by atoms with Gasteiger partial charge in [-0.25, -0.2) is 0 Å². The van der Waals surface area contributed by atoms with Crippen molar-refractivity contribution in [3.63, 3.8) is 0 Å². The van der Waals surface area contributed by atoms with E-state index in [9.17, 15) is 4.79 Å². The summed E-state index contributed by atoms with van der Waals surface area (Å²) in [5.41, 5.74) is 2.40. The lowest BCUT2D eigenvalue weighted by molar-refractivity contribution is -0.121. The Morgan fingerprint density at radius 1 is 1.12 bits per heavy atom. The normalized spacial score (nSPS) is 11.8. The number of hydrogen-bond acceptors (Lipinski definition) is 3. The van der Waals surface area contributed by atoms with Gasteiger partial charge in [-0.2, -0.15) is 11.8 Å². The van der Waals surface area contributed by atoms with Crippen LogP contribution in [0.5, 0.6) is 5.75 Å². The van der Waals surface area contributed by atoms with Gasteiger partial charge in [0.25, 0.3) is 0 Å². The fourth-order valence-corrected chi connectivity index (χ4v) is 3.15. The molecule has 0 aromatic heterocycles. The molecule has 2 rings (SSSR count). The number of rotatable bonds is 9. The molecule has 4 heteroatoms. The van der Waals surface area contributed by atoms with E-state index in [1.165, 1.54) is 5.56 Å². The number of hydrogen-bond donors (Lipinski definition) is 1. The van der Waals surface area contributed by atoms with E-state index in [1.54, 1.807) is 11.8 Å². The van der Waals surface area contributed by atoms with Crippen LogP contribution in [0.2, 0.25) is 0 Å². The van der Waals surface area contributed by atoms with E-state index in [4.69, 9.17) is 4.74 Å². The minimum atomic E-state index is -0.00349. The Hall–Kier alpha value is -1.94. The van der Waals surface area contributed by atoms with E-state index in [-0.39, 0.29) is 11.9 Å². The summed E-state index contributed by atoms with van der Waals surface area (Å²) in [4.78, 5) is 12.0. The molecule has 0 radical (unpaired) electrons. The summed E-state index contributed by atoms with van der Waals surface area (Å²) in [6, 6.07) is 18.2. The second-order valence-corrected chi connectivity index (χ2v) is 6.94. The lowest BCUT2D eigenvalue weighted by Gasteiger charge is -2.16. The maximum absolute atomic E-state index is 12.0. The molecular formula is C20H25NO2S. The van der Waals surface area contributed by atoms with Crippen LogP contribution in [0.25, 0.3) is 0 Å². The van der Waals surface area contributed by atoms with Gasteiger partial charge in [-0.1, -0.05) is 48.5 Å². The molecule has 0 heterocycles. The molecule has 0 bridgehead atoms. The summed E-state index contributed by atoms with van der Waals surface area (Å²) in [6.07, 6.45) is 0.534. The Bertz CT molecular complexity index is 631. The molecule has 0 aliphatic rings. The van der Waals surface area contributed by atoms with Crippen molar-refractivity contribution in [3.8, 4) is 5.75 Å². The van der Waals surface area contributed by atoms with E-state index >= 15 is 0 Å². The summed E-state index contributed by atoms with van der Waals surface area (Å²) < 4.78 is 5.76. The Morgan fingerprint density at radius 3 is 2.58 bits per heavy atom. The molecule has 0 aliphatic heterocycles. The van der Waals surface area contributed by atoms with Gasteiger partial charge < -0.3 is 10.1 Å². The first-order valence-electron chi connectivity index (χ1n) is 8.24. The molecule has 3 nitrogen and oxygen atoms in total. The maximum atomic E-state index is 12.0. The third-order valence-electron chi connectivity index (χ3n) is 3.57. The van der Waals surface area contributed by atoms with Crippen LogP contribution in [0.4, 0.5) is 0 Å². The van der Waals surface area contributed by atoms with Crippen LogP contribution in [0.15, 0.2) is 54.6 Å². The second-order valence-electron chi connectivity index (χ2n) is 5.83. The fraction of sp³-hybridized carbons (Fsp3) is 0.350. The van der Waals surface area contributed by atoms with Gasteiger partial charge >= 0.3 is 0 Å². The van der Waals surface area contributed by atoms with Crippen molar-refractivity contribution >= 4 is 17.7 Å². The highest BCUT2D eigenvalue weighted by Gasteiger charge is 2.08. The van der Waals surface area contributed by atoms with Gasteiger partial charge in [0.05, 0.1) is 6.04 Å². The lowest BCUT2D eigenvalue weighted by Crippen LogP contribution is -2.37. The zero-order chi connectivity index (χ0) is 17.2. The zero-order valence-corrected chi connectivity index (χ0v) is 15.1. The molecule has 0 saturated heterocycles. The molecule has 24 heavy (non-hydrogen) atoms. The fourth-order valence-electron chi connectivity index (χ4n) is 2.25. The first-order chi connectivity index (χ1) is 11.6. The van der Waals surface area contributed by atoms with Gasteiger partial charge in [0.15, 0.2) is 0 Å². The van der Waals surface area contributed by atoms with Crippen molar-refractivity contribution in [2.24, 2.45) is 0 Å². The van der Waals surface area contributed by atoms with Crippen LogP contribution in [0.1, 0.15) is 24.5 Å². The largest absolute Gasteiger partial charge is 0.491 e. The summed E-state index contributed by atoms with van der Waals surface area (Å²) in [7, 11) is 0. The summed E-state index contributed by atoms with van der Waals surface area (Å²) in [5.74, 6) is 2.72. The van der Waals surface area contributed by atoms with Crippen molar-refractivity contribution in [2.75, 3.05) is 12.4 Å². The van der Waals surface area contributed by atoms with Crippen molar-refractivity contribution in [1.29, 1.82) is 0 Å². The van der Waals surface area contributed by atoms with E-state index in [2.05, 4.69) is 17.4 Å². The third kappa shape index (κ3) is 6.67. The number of carbonyl (C=O) groups excluding carboxylic acids is 1. The first kappa shape index (κ1) is 18.4. The van der Waals surface area contributed by atoms with Crippen molar-refractivity contribution in [3.05, 3.63) is 65.7 Å². The highest BCUT2D eigenvalue weighted by atomic mass is 32.2. The predicted molar refractivity (Wildman–Crippen MR) is 101 cm³/mol. The highest BCUT2D eigenvalue weighted by Crippen LogP contribution is 2.16. The molecule has 0 saturated carbocycles. The van der Waals surface area contributed by atoms with E-state index in [0.717, 1.165) is 22.8 Å². The smallest absolute Gasteiger partial charge is 0.221 e. The molecule has 0 spiro atoms. The van der Waals surface area contributed by atoms with Gasteiger partial charge in [0.2, 0.25) is 5.91 Å². The number of ether oxygens (including phenoxy) is 1. The van der Waals surface area contributed by atoms with E-state index in [1.807, 2.05) is 56.3 Å². The van der Waals surface area contributed by atoms with Gasteiger partial charge in [0, 0.05) is 17.9 Å². The number of aryl methyl sites for hydroxylation is 1. The van der Waals surface area contributed by atoms with Crippen LogP contribution in [-0.2, 0) is 10.5 Å². The number of amides is 1. The second kappa shape index (κ2) is 10.0. The molecular weight excluding hydrogens is 318 g/mol. The van der Waals surface area contributed by atoms with Crippen molar-refractivity contribution < 1.29 is 9.53 Å². The molecule has 1 amide bonds. The molecule has 0 fully saturated rings. The number of thioether (sulfide) groups is 1. The SMILES string of the molecule is Cc1ccccc1OCC(C)NC(=O)CCSCc1ccccc1. The van der Waals surface area contributed by atoms with E-state index < -0.39 is 0 Å². The Labute approximate surface area is 148 Å². The predicted octanol–water partition coefficient (Wildman–Crippen LogP) is 4.20.